The number of carbonyl (C=O) groups is 1. The lowest BCUT2D eigenvalue weighted by atomic mass is 10.0. The summed E-state index contributed by atoms with van der Waals surface area (Å²) in [6.07, 6.45) is 0.165. The molecule has 0 spiro atoms. The smallest absolute Gasteiger partial charge is 0.173 e. The second-order valence-corrected chi connectivity index (χ2v) is 3.90. The number of rotatable bonds is 4. The van der Waals surface area contributed by atoms with Gasteiger partial charge in [0.15, 0.2) is 5.78 Å². The van der Waals surface area contributed by atoms with E-state index in [0.717, 1.165) is 5.56 Å². The van der Waals surface area contributed by atoms with Crippen molar-refractivity contribution in [1.29, 1.82) is 0 Å². The molecule has 3 heteroatoms. The first-order valence-electron chi connectivity index (χ1n) is 5.62. The van der Waals surface area contributed by atoms with Crippen molar-refractivity contribution in [1.82, 2.24) is 0 Å². The molecule has 0 aliphatic heterocycles. The molecule has 2 aromatic carbocycles. The molecule has 0 radical (unpaired) electrons. The predicted molar refractivity (Wildman–Crippen MR) is 67.4 cm³/mol. The zero-order valence-corrected chi connectivity index (χ0v) is 10.0. The number of ketones is 1. The van der Waals surface area contributed by atoms with E-state index >= 15 is 0 Å². The summed E-state index contributed by atoms with van der Waals surface area (Å²) in [5.74, 6) is -0.553. The SMILES string of the molecule is COc1cccc(F)c1C(=O)Cc1ccccc1. The Morgan fingerprint density at radius 3 is 2.50 bits per heavy atom. The van der Waals surface area contributed by atoms with Crippen LogP contribution in [0.5, 0.6) is 5.75 Å². The third-order valence-electron chi connectivity index (χ3n) is 2.68. The summed E-state index contributed by atoms with van der Waals surface area (Å²) in [6.45, 7) is 0. The zero-order chi connectivity index (χ0) is 13.0. The molecule has 0 N–H and O–H groups in total. The summed E-state index contributed by atoms with van der Waals surface area (Å²) in [4.78, 5) is 12.1. The van der Waals surface area contributed by atoms with E-state index in [1.165, 1.54) is 19.2 Å². The molecule has 2 rings (SSSR count). The van der Waals surface area contributed by atoms with Crippen LogP contribution < -0.4 is 4.74 Å². The van der Waals surface area contributed by atoms with Crippen molar-refractivity contribution in [3.05, 3.63) is 65.5 Å². The van der Waals surface area contributed by atoms with Crippen molar-refractivity contribution in [2.24, 2.45) is 0 Å². The van der Waals surface area contributed by atoms with Crippen LogP contribution in [-0.2, 0) is 6.42 Å². The molecule has 0 atom stereocenters. The lowest BCUT2D eigenvalue weighted by molar-refractivity contribution is 0.0986. The first kappa shape index (κ1) is 12.3. The van der Waals surface area contributed by atoms with Crippen LogP contribution in [0.4, 0.5) is 4.39 Å². The van der Waals surface area contributed by atoms with Gasteiger partial charge in [0, 0.05) is 6.42 Å². The zero-order valence-electron chi connectivity index (χ0n) is 10.0. The summed E-state index contributed by atoms with van der Waals surface area (Å²) < 4.78 is 18.7. The lowest BCUT2D eigenvalue weighted by Crippen LogP contribution is -2.08. The number of Topliss-reactive ketones (excluding diaryl/α,β-unsaturated/α-hetero) is 1. The molecule has 0 fully saturated rings. The van der Waals surface area contributed by atoms with E-state index in [4.69, 9.17) is 4.74 Å². The number of benzene rings is 2. The van der Waals surface area contributed by atoms with Crippen molar-refractivity contribution in [3.8, 4) is 5.75 Å². The van der Waals surface area contributed by atoms with Crippen LogP contribution in [0.2, 0.25) is 0 Å². The first-order chi connectivity index (χ1) is 8.72. The summed E-state index contributed by atoms with van der Waals surface area (Å²) in [7, 11) is 1.42. The minimum atomic E-state index is -0.546. The van der Waals surface area contributed by atoms with E-state index in [0.29, 0.717) is 0 Å². The van der Waals surface area contributed by atoms with Crippen LogP contribution in [0.1, 0.15) is 15.9 Å². The Balaban J connectivity index is 2.29. The number of hydrogen-bond acceptors (Lipinski definition) is 2. The summed E-state index contributed by atoms with van der Waals surface area (Å²) in [6, 6.07) is 13.6. The summed E-state index contributed by atoms with van der Waals surface area (Å²) in [5, 5.41) is 0. The maximum atomic E-state index is 13.7. The van der Waals surface area contributed by atoms with Gasteiger partial charge in [0.05, 0.1) is 12.7 Å². The van der Waals surface area contributed by atoms with Crippen molar-refractivity contribution >= 4 is 5.78 Å². The van der Waals surface area contributed by atoms with E-state index in [1.807, 2.05) is 30.3 Å². The Morgan fingerprint density at radius 2 is 1.83 bits per heavy atom. The van der Waals surface area contributed by atoms with Crippen molar-refractivity contribution < 1.29 is 13.9 Å². The molecule has 2 nitrogen and oxygen atoms in total. The topological polar surface area (TPSA) is 26.3 Å². The third-order valence-corrected chi connectivity index (χ3v) is 2.68. The standard InChI is InChI=1S/C15H13FO2/c1-18-14-9-5-8-12(16)15(14)13(17)10-11-6-3-2-4-7-11/h2-9H,10H2,1H3. The Morgan fingerprint density at radius 1 is 1.11 bits per heavy atom. The van der Waals surface area contributed by atoms with Gasteiger partial charge in [0.25, 0.3) is 0 Å². The van der Waals surface area contributed by atoms with Gasteiger partial charge in [0.2, 0.25) is 0 Å². The lowest BCUT2D eigenvalue weighted by Gasteiger charge is -2.08. The Labute approximate surface area is 105 Å². The Kier molecular flexibility index (Phi) is 3.72. The highest BCUT2D eigenvalue weighted by molar-refractivity contribution is 6.00. The maximum Gasteiger partial charge on any atom is 0.173 e. The molecular weight excluding hydrogens is 231 g/mol. The van der Waals surface area contributed by atoms with Gasteiger partial charge in [-0.25, -0.2) is 4.39 Å². The van der Waals surface area contributed by atoms with Crippen LogP contribution in [0, 0.1) is 5.82 Å². The molecule has 0 aromatic heterocycles. The molecule has 0 bridgehead atoms. The highest BCUT2D eigenvalue weighted by Gasteiger charge is 2.17. The number of halogens is 1. The summed E-state index contributed by atoms with van der Waals surface area (Å²) >= 11 is 0. The van der Waals surface area contributed by atoms with Gasteiger partial charge in [-0.3, -0.25) is 4.79 Å². The van der Waals surface area contributed by atoms with Gasteiger partial charge < -0.3 is 4.74 Å². The molecule has 0 amide bonds. The number of methoxy groups -OCH3 is 1. The molecule has 0 aliphatic rings. The molecule has 92 valence electrons. The summed E-state index contributed by atoms with van der Waals surface area (Å²) in [5.41, 5.74) is 0.872. The van der Waals surface area contributed by atoms with Gasteiger partial charge in [0.1, 0.15) is 11.6 Å². The molecule has 0 saturated carbocycles. The van der Waals surface area contributed by atoms with Crippen LogP contribution in [0.25, 0.3) is 0 Å². The van der Waals surface area contributed by atoms with Crippen LogP contribution in [0.3, 0.4) is 0 Å². The second-order valence-electron chi connectivity index (χ2n) is 3.90. The minimum Gasteiger partial charge on any atom is -0.496 e. The quantitative estimate of drug-likeness (QED) is 0.772. The fourth-order valence-electron chi connectivity index (χ4n) is 1.81. The van der Waals surface area contributed by atoms with E-state index in [9.17, 15) is 9.18 Å². The van der Waals surface area contributed by atoms with E-state index < -0.39 is 5.82 Å². The normalized spacial score (nSPS) is 10.1. The van der Waals surface area contributed by atoms with Crippen LogP contribution in [-0.4, -0.2) is 12.9 Å². The minimum absolute atomic E-state index is 0.0175. The maximum absolute atomic E-state index is 13.7. The van der Waals surface area contributed by atoms with Gasteiger partial charge in [-0.1, -0.05) is 36.4 Å². The average Bonchev–Trinajstić information content (AvgIpc) is 2.39. The molecule has 0 aliphatic carbocycles. The largest absolute Gasteiger partial charge is 0.496 e. The van der Waals surface area contributed by atoms with Crippen molar-refractivity contribution in [3.63, 3.8) is 0 Å². The molecule has 2 aromatic rings. The monoisotopic (exact) mass is 244 g/mol. The van der Waals surface area contributed by atoms with Gasteiger partial charge in [-0.05, 0) is 17.7 Å². The number of ether oxygens (including phenoxy) is 1. The highest BCUT2D eigenvalue weighted by Crippen LogP contribution is 2.22. The molecule has 0 unspecified atom stereocenters. The second kappa shape index (κ2) is 5.45. The molecule has 18 heavy (non-hydrogen) atoms. The van der Waals surface area contributed by atoms with Crippen LogP contribution >= 0.6 is 0 Å². The Hall–Kier alpha value is -2.16. The van der Waals surface area contributed by atoms with E-state index in [-0.39, 0.29) is 23.5 Å². The molecule has 0 heterocycles. The van der Waals surface area contributed by atoms with Gasteiger partial charge >= 0.3 is 0 Å². The first-order valence-corrected chi connectivity index (χ1v) is 5.62. The van der Waals surface area contributed by atoms with Crippen molar-refractivity contribution in [2.75, 3.05) is 7.11 Å². The third kappa shape index (κ3) is 2.56. The highest BCUT2D eigenvalue weighted by atomic mass is 19.1. The Bertz CT molecular complexity index is 550. The fourth-order valence-corrected chi connectivity index (χ4v) is 1.81. The van der Waals surface area contributed by atoms with E-state index in [1.54, 1.807) is 6.07 Å². The molecule has 0 saturated heterocycles. The molecular formula is C15H13FO2. The average molecular weight is 244 g/mol. The number of carbonyl (C=O) groups excluding carboxylic acids is 1. The van der Waals surface area contributed by atoms with Crippen LogP contribution in [0.15, 0.2) is 48.5 Å². The fraction of sp³-hybridized carbons (Fsp3) is 0.133. The van der Waals surface area contributed by atoms with E-state index in [2.05, 4.69) is 0 Å². The predicted octanol–water partition coefficient (Wildman–Crippen LogP) is 3.26. The van der Waals surface area contributed by atoms with Crippen molar-refractivity contribution in [2.45, 2.75) is 6.42 Å². The van der Waals surface area contributed by atoms with Gasteiger partial charge in [-0.15, -0.1) is 0 Å². The van der Waals surface area contributed by atoms with Gasteiger partial charge in [-0.2, -0.15) is 0 Å². The number of hydrogen-bond donors (Lipinski definition) is 0.